The average molecular weight is 221 g/mol. The molecule has 1 unspecified atom stereocenters. The molecule has 1 amide bonds. The van der Waals surface area contributed by atoms with Gasteiger partial charge in [-0.2, -0.15) is 0 Å². The van der Waals surface area contributed by atoms with Crippen molar-refractivity contribution < 1.29 is 9.90 Å². The van der Waals surface area contributed by atoms with Crippen molar-refractivity contribution in [2.75, 3.05) is 5.32 Å². The molecule has 1 rings (SSSR count). The van der Waals surface area contributed by atoms with E-state index in [0.29, 0.717) is 5.92 Å². The average Bonchev–Trinajstić information content (AvgIpc) is 2.16. The molecule has 0 bridgehead atoms. The molecule has 0 heterocycles. The molecule has 3 heteroatoms. The van der Waals surface area contributed by atoms with Gasteiger partial charge in [-0.25, -0.2) is 0 Å². The molecule has 0 aromatic heterocycles. The SMILES string of the molecule is CC(O)CC(=O)Nc1ccccc1C(C)C. The van der Waals surface area contributed by atoms with Crippen molar-refractivity contribution in [1.29, 1.82) is 0 Å². The first-order valence-corrected chi connectivity index (χ1v) is 5.57. The molecule has 0 fully saturated rings. The number of aliphatic hydroxyl groups is 1. The number of hydrogen-bond donors (Lipinski definition) is 2. The first-order valence-electron chi connectivity index (χ1n) is 5.57. The smallest absolute Gasteiger partial charge is 0.226 e. The molecular formula is C13H19NO2. The van der Waals surface area contributed by atoms with Crippen LogP contribution in [-0.4, -0.2) is 17.1 Å². The number of aliphatic hydroxyl groups excluding tert-OH is 1. The number of hydrogen-bond acceptors (Lipinski definition) is 2. The monoisotopic (exact) mass is 221 g/mol. The molecule has 1 aromatic rings. The van der Waals surface area contributed by atoms with Crippen molar-refractivity contribution in [3.63, 3.8) is 0 Å². The van der Waals surface area contributed by atoms with Gasteiger partial charge in [0, 0.05) is 5.69 Å². The molecule has 0 saturated carbocycles. The highest BCUT2D eigenvalue weighted by atomic mass is 16.3. The molecule has 0 spiro atoms. The van der Waals surface area contributed by atoms with E-state index in [9.17, 15) is 4.79 Å². The normalized spacial score (nSPS) is 12.6. The zero-order valence-corrected chi connectivity index (χ0v) is 10.0. The van der Waals surface area contributed by atoms with E-state index in [2.05, 4.69) is 19.2 Å². The van der Waals surface area contributed by atoms with E-state index in [1.807, 2.05) is 24.3 Å². The van der Waals surface area contributed by atoms with Gasteiger partial charge in [-0.05, 0) is 24.5 Å². The lowest BCUT2D eigenvalue weighted by atomic mass is 10.0. The first-order chi connectivity index (χ1) is 7.50. The van der Waals surface area contributed by atoms with Crippen molar-refractivity contribution in [2.45, 2.75) is 39.2 Å². The molecule has 88 valence electrons. The molecule has 1 atom stereocenters. The van der Waals surface area contributed by atoms with Crippen LogP contribution >= 0.6 is 0 Å². The number of rotatable bonds is 4. The molecule has 1 aromatic carbocycles. The van der Waals surface area contributed by atoms with Crippen LogP contribution in [-0.2, 0) is 4.79 Å². The van der Waals surface area contributed by atoms with E-state index < -0.39 is 6.10 Å². The molecule has 0 aliphatic rings. The summed E-state index contributed by atoms with van der Waals surface area (Å²) in [6.45, 7) is 5.77. The summed E-state index contributed by atoms with van der Waals surface area (Å²) in [5.74, 6) is 0.214. The molecule has 16 heavy (non-hydrogen) atoms. The predicted octanol–water partition coefficient (Wildman–Crippen LogP) is 2.52. The number of benzene rings is 1. The fourth-order valence-electron chi connectivity index (χ4n) is 1.58. The van der Waals surface area contributed by atoms with Crippen LogP contribution in [0.25, 0.3) is 0 Å². The Morgan fingerprint density at radius 1 is 1.31 bits per heavy atom. The summed E-state index contributed by atoms with van der Waals surface area (Å²) in [4.78, 5) is 11.5. The fraction of sp³-hybridized carbons (Fsp3) is 0.462. The minimum absolute atomic E-state index is 0.131. The quantitative estimate of drug-likeness (QED) is 0.820. The van der Waals surface area contributed by atoms with Crippen LogP contribution < -0.4 is 5.32 Å². The Balaban J connectivity index is 2.77. The summed E-state index contributed by atoms with van der Waals surface area (Å²) in [7, 11) is 0. The van der Waals surface area contributed by atoms with Gasteiger partial charge in [-0.15, -0.1) is 0 Å². The van der Waals surface area contributed by atoms with Crippen LogP contribution in [0.2, 0.25) is 0 Å². The van der Waals surface area contributed by atoms with E-state index in [1.54, 1.807) is 6.92 Å². The standard InChI is InChI=1S/C13H19NO2/c1-9(2)11-6-4-5-7-12(11)14-13(16)8-10(3)15/h4-7,9-10,15H,8H2,1-3H3,(H,14,16). The molecular weight excluding hydrogens is 202 g/mol. The number of carbonyl (C=O) groups is 1. The lowest BCUT2D eigenvalue weighted by Gasteiger charge is -2.14. The second-order valence-corrected chi connectivity index (χ2v) is 4.34. The Morgan fingerprint density at radius 3 is 2.50 bits per heavy atom. The summed E-state index contributed by atoms with van der Waals surface area (Å²) in [5.41, 5.74) is 1.95. The minimum Gasteiger partial charge on any atom is -0.393 e. The highest BCUT2D eigenvalue weighted by molar-refractivity contribution is 5.91. The van der Waals surface area contributed by atoms with Crippen LogP contribution in [0.15, 0.2) is 24.3 Å². The third kappa shape index (κ3) is 3.66. The Hall–Kier alpha value is -1.35. The third-order valence-corrected chi connectivity index (χ3v) is 2.34. The molecule has 2 N–H and O–H groups in total. The molecule has 0 aliphatic carbocycles. The van der Waals surface area contributed by atoms with E-state index in [0.717, 1.165) is 11.3 Å². The number of para-hydroxylation sites is 1. The van der Waals surface area contributed by atoms with Gasteiger partial charge in [0.25, 0.3) is 0 Å². The van der Waals surface area contributed by atoms with Crippen molar-refractivity contribution in [1.82, 2.24) is 0 Å². The van der Waals surface area contributed by atoms with Gasteiger partial charge in [-0.1, -0.05) is 32.0 Å². The fourth-order valence-corrected chi connectivity index (χ4v) is 1.58. The van der Waals surface area contributed by atoms with E-state index in [1.165, 1.54) is 0 Å². The van der Waals surface area contributed by atoms with E-state index in [-0.39, 0.29) is 12.3 Å². The highest BCUT2D eigenvalue weighted by Gasteiger charge is 2.10. The second-order valence-electron chi connectivity index (χ2n) is 4.34. The Morgan fingerprint density at radius 2 is 1.94 bits per heavy atom. The van der Waals surface area contributed by atoms with Crippen molar-refractivity contribution in [3.05, 3.63) is 29.8 Å². The van der Waals surface area contributed by atoms with Gasteiger partial charge in [0.15, 0.2) is 0 Å². The maximum Gasteiger partial charge on any atom is 0.226 e. The van der Waals surface area contributed by atoms with E-state index in [4.69, 9.17) is 5.11 Å². The van der Waals surface area contributed by atoms with Gasteiger partial charge in [0.05, 0.1) is 12.5 Å². The van der Waals surface area contributed by atoms with Crippen LogP contribution in [0, 0.1) is 0 Å². The van der Waals surface area contributed by atoms with Gasteiger partial charge in [-0.3, -0.25) is 4.79 Å². The number of carbonyl (C=O) groups excluding carboxylic acids is 1. The topological polar surface area (TPSA) is 49.3 Å². The molecule has 0 radical (unpaired) electrons. The number of anilines is 1. The van der Waals surface area contributed by atoms with Crippen LogP contribution in [0.1, 0.15) is 38.7 Å². The van der Waals surface area contributed by atoms with Gasteiger partial charge in [0.1, 0.15) is 0 Å². The maximum absolute atomic E-state index is 11.5. The van der Waals surface area contributed by atoms with Crippen molar-refractivity contribution in [2.24, 2.45) is 0 Å². The first kappa shape index (κ1) is 12.7. The lowest BCUT2D eigenvalue weighted by molar-refractivity contribution is -0.117. The summed E-state index contributed by atoms with van der Waals surface area (Å²) < 4.78 is 0. The van der Waals surface area contributed by atoms with Gasteiger partial charge < -0.3 is 10.4 Å². The third-order valence-electron chi connectivity index (χ3n) is 2.34. The largest absolute Gasteiger partial charge is 0.393 e. The van der Waals surface area contributed by atoms with Gasteiger partial charge >= 0.3 is 0 Å². The lowest BCUT2D eigenvalue weighted by Crippen LogP contribution is -2.18. The summed E-state index contributed by atoms with van der Waals surface area (Å²) in [6.07, 6.45) is -0.474. The second kappa shape index (κ2) is 5.66. The number of nitrogens with one attached hydrogen (secondary N) is 1. The minimum atomic E-state index is -0.605. The summed E-state index contributed by atoms with van der Waals surface area (Å²) in [5, 5.41) is 11.9. The summed E-state index contributed by atoms with van der Waals surface area (Å²) in [6, 6.07) is 7.74. The Kier molecular flexibility index (Phi) is 4.50. The highest BCUT2D eigenvalue weighted by Crippen LogP contribution is 2.23. The maximum atomic E-state index is 11.5. The Bertz CT molecular complexity index is 359. The zero-order valence-electron chi connectivity index (χ0n) is 10.0. The Labute approximate surface area is 96.5 Å². The van der Waals surface area contributed by atoms with E-state index >= 15 is 0 Å². The molecule has 3 nitrogen and oxygen atoms in total. The predicted molar refractivity (Wildman–Crippen MR) is 65.5 cm³/mol. The van der Waals surface area contributed by atoms with Crippen molar-refractivity contribution in [3.8, 4) is 0 Å². The van der Waals surface area contributed by atoms with Gasteiger partial charge in [0.2, 0.25) is 5.91 Å². The van der Waals surface area contributed by atoms with Crippen LogP contribution in [0.3, 0.4) is 0 Å². The summed E-state index contributed by atoms with van der Waals surface area (Å²) >= 11 is 0. The number of amides is 1. The zero-order chi connectivity index (χ0) is 12.1. The molecule has 0 saturated heterocycles. The van der Waals surface area contributed by atoms with Crippen LogP contribution in [0.5, 0.6) is 0 Å². The van der Waals surface area contributed by atoms with Crippen molar-refractivity contribution >= 4 is 11.6 Å². The van der Waals surface area contributed by atoms with Crippen LogP contribution in [0.4, 0.5) is 5.69 Å². The molecule has 0 aliphatic heterocycles.